The number of imidazole rings is 1. The van der Waals surface area contributed by atoms with Crippen molar-refractivity contribution in [3.63, 3.8) is 0 Å². The van der Waals surface area contributed by atoms with Crippen LogP contribution in [0.25, 0.3) is 11.0 Å². The van der Waals surface area contributed by atoms with Crippen molar-refractivity contribution in [2.45, 2.75) is 57.5 Å². The van der Waals surface area contributed by atoms with E-state index in [1.165, 1.54) is 0 Å². The Morgan fingerprint density at radius 3 is 2.30 bits per heavy atom. The fourth-order valence-corrected chi connectivity index (χ4v) is 6.19. The Kier molecular flexibility index (Phi) is 7.87. The molecule has 8 heteroatoms. The van der Waals surface area contributed by atoms with Crippen LogP contribution in [-0.2, 0) is 22.6 Å². The zero-order chi connectivity index (χ0) is 27.6. The second-order valence-corrected chi connectivity index (χ2v) is 11.1. The standard InChI is InChI=1S/C32H38N4O4/c1-21-29(19-35-16-14-26(15-17-35)36-28-5-3-2-4-27(28)34-32(36)38)39-31(25-12-6-22(18-33)7-13-25)40-30(21)24-10-8-23(20-37)9-11-24/h2-13,21,26,29-31,37H,14-20,33H2,1H3,(H,34,38). The number of aliphatic hydroxyl groups is 1. The van der Waals surface area contributed by atoms with E-state index in [0.717, 1.165) is 65.8 Å². The number of nitrogens with one attached hydrogen (secondary N) is 1. The van der Waals surface area contributed by atoms with Gasteiger partial charge in [-0.05, 0) is 41.7 Å². The summed E-state index contributed by atoms with van der Waals surface area (Å²) in [7, 11) is 0. The van der Waals surface area contributed by atoms with Gasteiger partial charge in [-0.3, -0.25) is 4.57 Å². The molecule has 1 aromatic heterocycles. The van der Waals surface area contributed by atoms with E-state index in [2.05, 4.69) is 16.8 Å². The summed E-state index contributed by atoms with van der Waals surface area (Å²) in [5.41, 5.74) is 11.7. The highest BCUT2D eigenvalue weighted by molar-refractivity contribution is 5.75. The molecule has 0 saturated carbocycles. The van der Waals surface area contributed by atoms with E-state index in [1.807, 2.05) is 77.4 Å². The van der Waals surface area contributed by atoms with Crippen LogP contribution in [0.4, 0.5) is 0 Å². The topological polar surface area (TPSA) is 106 Å². The highest BCUT2D eigenvalue weighted by atomic mass is 16.7. The minimum Gasteiger partial charge on any atom is -0.392 e. The number of hydrogen-bond acceptors (Lipinski definition) is 6. The maximum absolute atomic E-state index is 12.7. The molecular formula is C32H38N4O4. The smallest absolute Gasteiger partial charge is 0.326 e. The van der Waals surface area contributed by atoms with Gasteiger partial charge in [0.05, 0.1) is 29.8 Å². The first-order valence-corrected chi connectivity index (χ1v) is 14.2. The lowest BCUT2D eigenvalue weighted by Crippen LogP contribution is -2.47. The number of fused-ring (bicyclic) bond motifs is 1. The van der Waals surface area contributed by atoms with Crippen molar-refractivity contribution in [1.29, 1.82) is 0 Å². The molecule has 3 aromatic carbocycles. The van der Waals surface area contributed by atoms with Crippen LogP contribution in [0.1, 0.15) is 60.5 Å². The summed E-state index contributed by atoms with van der Waals surface area (Å²) in [6.07, 6.45) is 1.15. The molecule has 8 nitrogen and oxygen atoms in total. The largest absolute Gasteiger partial charge is 0.392 e. The zero-order valence-electron chi connectivity index (χ0n) is 22.9. The van der Waals surface area contributed by atoms with Gasteiger partial charge in [-0.15, -0.1) is 0 Å². The molecule has 2 aliphatic heterocycles. The monoisotopic (exact) mass is 542 g/mol. The van der Waals surface area contributed by atoms with Crippen molar-refractivity contribution >= 4 is 11.0 Å². The number of likely N-dealkylation sites (tertiary alicyclic amines) is 1. The predicted molar refractivity (Wildman–Crippen MR) is 155 cm³/mol. The number of aromatic nitrogens is 2. The molecule has 0 amide bonds. The fourth-order valence-electron chi connectivity index (χ4n) is 6.19. The van der Waals surface area contributed by atoms with E-state index in [-0.39, 0.29) is 36.5 Å². The lowest BCUT2D eigenvalue weighted by Gasteiger charge is -2.44. The second-order valence-electron chi connectivity index (χ2n) is 11.1. The number of hydrogen-bond donors (Lipinski definition) is 3. The van der Waals surface area contributed by atoms with Crippen molar-refractivity contribution in [3.8, 4) is 0 Å². The third kappa shape index (κ3) is 5.38. The highest BCUT2D eigenvalue weighted by Crippen LogP contribution is 2.42. The van der Waals surface area contributed by atoms with Crippen LogP contribution in [0.15, 0.2) is 77.6 Å². The number of ether oxygens (including phenoxy) is 2. The maximum Gasteiger partial charge on any atom is 0.326 e. The first kappa shape index (κ1) is 26.9. The minimum atomic E-state index is -0.488. The molecule has 4 atom stereocenters. The Morgan fingerprint density at radius 1 is 0.925 bits per heavy atom. The van der Waals surface area contributed by atoms with Crippen LogP contribution in [0.5, 0.6) is 0 Å². The number of H-pyrrole nitrogens is 1. The lowest BCUT2D eigenvalue weighted by atomic mass is 9.89. The SMILES string of the molecule is CC1C(CN2CCC(n3c(=O)[nH]c4ccccc43)CC2)OC(c2ccc(CN)cc2)OC1c1ccc(CO)cc1. The van der Waals surface area contributed by atoms with E-state index >= 15 is 0 Å². The summed E-state index contributed by atoms with van der Waals surface area (Å²) in [5.74, 6) is 0.119. The van der Waals surface area contributed by atoms with Crippen molar-refractivity contribution < 1.29 is 14.6 Å². The van der Waals surface area contributed by atoms with Gasteiger partial charge in [0.25, 0.3) is 0 Å². The Morgan fingerprint density at radius 2 is 1.60 bits per heavy atom. The summed E-state index contributed by atoms with van der Waals surface area (Å²) < 4.78 is 15.2. The van der Waals surface area contributed by atoms with E-state index < -0.39 is 6.29 Å². The third-order valence-electron chi connectivity index (χ3n) is 8.60. The molecule has 2 aliphatic rings. The highest BCUT2D eigenvalue weighted by Gasteiger charge is 2.39. The van der Waals surface area contributed by atoms with Gasteiger partial charge in [0.2, 0.25) is 0 Å². The molecule has 3 heterocycles. The summed E-state index contributed by atoms with van der Waals surface area (Å²) in [4.78, 5) is 18.2. The van der Waals surface area contributed by atoms with Gasteiger partial charge >= 0.3 is 5.69 Å². The van der Waals surface area contributed by atoms with Crippen LogP contribution < -0.4 is 11.4 Å². The molecule has 0 bridgehead atoms. The Balaban J connectivity index is 1.19. The third-order valence-corrected chi connectivity index (χ3v) is 8.60. The molecule has 4 aromatic rings. The van der Waals surface area contributed by atoms with Crippen LogP contribution in [0.2, 0.25) is 0 Å². The average molecular weight is 543 g/mol. The number of rotatable bonds is 7. The van der Waals surface area contributed by atoms with Gasteiger partial charge in [0.15, 0.2) is 6.29 Å². The van der Waals surface area contributed by atoms with Crippen LogP contribution >= 0.6 is 0 Å². The second kappa shape index (κ2) is 11.7. The molecule has 0 aliphatic carbocycles. The first-order valence-electron chi connectivity index (χ1n) is 14.2. The molecule has 4 unspecified atom stereocenters. The number of aromatic amines is 1. The molecule has 2 fully saturated rings. The molecule has 0 radical (unpaired) electrons. The Labute approximate surface area is 234 Å². The van der Waals surface area contributed by atoms with Crippen molar-refractivity contribution in [2.24, 2.45) is 11.7 Å². The number of aliphatic hydroxyl groups excluding tert-OH is 1. The number of nitrogens with two attached hydrogens (primary N) is 1. The number of para-hydroxylation sites is 2. The summed E-state index contributed by atoms with van der Waals surface area (Å²) in [6.45, 7) is 5.30. The number of nitrogens with zero attached hydrogens (tertiary/aromatic N) is 2. The van der Waals surface area contributed by atoms with Crippen molar-refractivity contribution in [3.05, 3.63) is 106 Å². The van der Waals surface area contributed by atoms with Gasteiger partial charge in [-0.2, -0.15) is 0 Å². The number of piperidine rings is 1. The molecular weight excluding hydrogens is 504 g/mol. The molecule has 6 rings (SSSR count). The Bertz CT molecular complexity index is 1470. The minimum absolute atomic E-state index is 0.0177. The molecule has 210 valence electrons. The van der Waals surface area contributed by atoms with Crippen molar-refractivity contribution in [1.82, 2.24) is 14.5 Å². The van der Waals surface area contributed by atoms with Crippen molar-refractivity contribution in [2.75, 3.05) is 19.6 Å². The maximum atomic E-state index is 12.7. The van der Waals surface area contributed by atoms with Gasteiger partial charge in [0.1, 0.15) is 0 Å². The molecule has 4 N–H and O–H groups in total. The number of benzene rings is 3. The quantitative estimate of drug-likeness (QED) is 0.320. The van der Waals surface area contributed by atoms with Gasteiger partial charge in [-0.1, -0.05) is 67.6 Å². The van der Waals surface area contributed by atoms with E-state index in [9.17, 15) is 9.90 Å². The lowest BCUT2D eigenvalue weighted by molar-refractivity contribution is -0.276. The zero-order valence-corrected chi connectivity index (χ0v) is 22.9. The van der Waals surface area contributed by atoms with Gasteiger partial charge < -0.3 is 30.2 Å². The van der Waals surface area contributed by atoms with Crippen LogP contribution in [0.3, 0.4) is 0 Å². The summed E-state index contributed by atoms with van der Waals surface area (Å²) in [5, 5.41) is 9.51. The fraction of sp³-hybridized carbons (Fsp3) is 0.406. The molecule has 2 saturated heterocycles. The average Bonchev–Trinajstić information content (AvgIpc) is 3.34. The molecule has 40 heavy (non-hydrogen) atoms. The summed E-state index contributed by atoms with van der Waals surface area (Å²) in [6, 6.07) is 24.2. The first-order chi connectivity index (χ1) is 19.5. The normalized spacial score (nSPS) is 24.5. The van der Waals surface area contributed by atoms with Gasteiger partial charge in [0, 0.05) is 43.7 Å². The van der Waals surface area contributed by atoms with E-state index in [1.54, 1.807) is 0 Å². The van der Waals surface area contributed by atoms with Gasteiger partial charge in [-0.25, -0.2) is 4.79 Å². The molecule has 0 spiro atoms. The van der Waals surface area contributed by atoms with E-state index in [4.69, 9.17) is 15.2 Å². The Hall–Kier alpha value is -3.27. The van der Waals surface area contributed by atoms with E-state index in [0.29, 0.717) is 6.54 Å². The van der Waals surface area contributed by atoms with Crippen LogP contribution in [-0.4, -0.2) is 45.3 Å². The summed E-state index contributed by atoms with van der Waals surface area (Å²) >= 11 is 0. The van der Waals surface area contributed by atoms with Crippen LogP contribution in [0, 0.1) is 5.92 Å². The predicted octanol–water partition coefficient (Wildman–Crippen LogP) is 4.41.